The fourth-order valence-electron chi connectivity index (χ4n) is 1.17. The van der Waals surface area contributed by atoms with Gasteiger partial charge in [-0.25, -0.2) is 0 Å². The number of nitrogens with two attached hydrogens (primary N) is 2. The van der Waals surface area contributed by atoms with E-state index in [2.05, 4.69) is 15.9 Å². The van der Waals surface area contributed by atoms with Gasteiger partial charge in [0, 0.05) is 22.6 Å². The van der Waals surface area contributed by atoms with Gasteiger partial charge in [0.1, 0.15) is 5.75 Å². The van der Waals surface area contributed by atoms with Gasteiger partial charge in [-0.1, -0.05) is 15.9 Å². The van der Waals surface area contributed by atoms with Gasteiger partial charge in [-0.15, -0.1) is 0 Å². The van der Waals surface area contributed by atoms with Gasteiger partial charge in [-0.2, -0.15) is 0 Å². The summed E-state index contributed by atoms with van der Waals surface area (Å²) in [5.74, 6) is 0.237. The molecule has 0 bridgehead atoms. The minimum Gasteiger partial charge on any atom is -0.507 e. The van der Waals surface area contributed by atoms with Crippen LogP contribution in [-0.4, -0.2) is 11.7 Å². The Bertz CT molecular complexity index is 315. The normalized spacial score (nSPS) is 12.9. The summed E-state index contributed by atoms with van der Waals surface area (Å²) in [5.41, 5.74) is 12.6. The number of halogens is 1. The lowest BCUT2D eigenvalue weighted by Crippen LogP contribution is -2.21. The molecule has 0 amide bonds. The Hall–Kier alpha value is -0.580. The molecule has 72 valence electrons. The molecule has 0 heterocycles. The standard InChI is InChI=1S/C9H13BrN2O/c1-5-2-6(10)3-7(9(5)13)8(12)4-11/h2-3,8,13H,4,11-12H2,1H3. The molecule has 0 aliphatic rings. The Labute approximate surface area is 85.9 Å². The van der Waals surface area contributed by atoms with Crippen LogP contribution < -0.4 is 11.5 Å². The number of hydrogen-bond donors (Lipinski definition) is 3. The van der Waals surface area contributed by atoms with Gasteiger partial charge in [-0.3, -0.25) is 0 Å². The maximum Gasteiger partial charge on any atom is 0.123 e. The zero-order chi connectivity index (χ0) is 10.0. The summed E-state index contributed by atoms with van der Waals surface area (Å²) < 4.78 is 0.904. The summed E-state index contributed by atoms with van der Waals surface area (Å²) in [6.07, 6.45) is 0. The third-order valence-corrected chi connectivity index (χ3v) is 2.41. The minimum atomic E-state index is -0.309. The highest BCUT2D eigenvalue weighted by molar-refractivity contribution is 9.10. The molecule has 3 nitrogen and oxygen atoms in total. The molecule has 0 saturated carbocycles. The second-order valence-electron chi connectivity index (χ2n) is 3.00. The lowest BCUT2D eigenvalue weighted by Gasteiger charge is -2.13. The molecule has 1 unspecified atom stereocenters. The second kappa shape index (κ2) is 4.09. The van der Waals surface area contributed by atoms with E-state index >= 15 is 0 Å². The molecule has 1 aromatic rings. The summed E-state index contributed by atoms with van der Waals surface area (Å²) >= 11 is 3.34. The van der Waals surface area contributed by atoms with E-state index in [0.29, 0.717) is 12.1 Å². The van der Waals surface area contributed by atoms with E-state index < -0.39 is 0 Å². The number of aryl methyl sites for hydroxylation is 1. The molecule has 0 aliphatic heterocycles. The summed E-state index contributed by atoms with van der Waals surface area (Å²) in [7, 11) is 0. The van der Waals surface area contributed by atoms with Crippen molar-refractivity contribution < 1.29 is 5.11 Å². The zero-order valence-electron chi connectivity index (χ0n) is 7.42. The summed E-state index contributed by atoms with van der Waals surface area (Å²) in [4.78, 5) is 0. The van der Waals surface area contributed by atoms with E-state index in [1.165, 1.54) is 0 Å². The van der Waals surface area contributed by atoms with Crippen LogP contribution in [0.25, 0.3) is 0 Å². The summed E-state index contributed by atoms with van der Waals surface area (Å²) in [6, 6.07) is 3.32. The Morgan fingerprint density at radius 2 is 2.15 bits per heavy atom. The quantitative estimate of drug-likeness (QED) is 0.737. The first-order chi connectivity index (χ1) is 6.06. The molecule has 5 N–H and O–H groups in total. The number of phenols is 1. The Kier molecular flexibility index (Phi) is 3.30. The van der Waals surface area contributed by atoms with Crippen LogP contribution in [0, 0.1) is 6.92 Å². The maximum atomic E-state index is 9.67. The van der Waals surface area contributed by atoms with Crippen molar-refractivity contribution in [3.8, 4) is 5.75 Å². The summed E-state index contributed by atoms with van der Waals surface area (Å²) in [5, 5.41) is 9.67. The van der Waals surface area contributed by atoms with Crippen molar-refractivity contribution in [3.05, 3.63) is 27.7 Å². The number of phenolic OH excluding ortho intramolecular Hbond substituents is 1. The Morgan fingerprint density at radius 3 is 2.69 bits per heavy atom. The molecule has 0 spiro atoms. The SMILES string of the molecule is Cc1cc(Br)cc(C(N)CN)c1O. The van der Waals surface area contributed by atoms with E-state index in [-0.39, 0.29) is 11.8 Å². The van der Waals surface area contributed by atoms with Crippen LogP contribution in [0.3, 0.4) is 0 Å². The van der Waals surface area contributed by atoms with Crippen LogP contribution >= 0.6 is 15.9 Å². The van der Waals surface area contributed by atoms with Crippen molar-refractivity contribution in [1.82, 2.24) is 0 Å². The van der Waals surface area contributed by atoms with Crippen LogP contribution in [0.1, 0.15) is 17.2 Å². The van der Waals surface area contributed by atoms with Gasteiger partial charge < -0.3 is 16.6 Å². The van der Waals surface area contributed by atoms with Crippen LogP contribution in [-0.2, 0) is 0 Å². The van der Waals surface area contributed by atoms with Crippen LogP contribution in [0.5, 0.6) is 5.75 Å². The predicted octanol–water partition coefficient (Wildman–Crippen LogP) is 1.42. The molecular weight excluding hydrogens is 232 g/mol. The monoisotopic (exact) mass is 244 g/mol. The molecular formula is C9H13BrN2O. The van der Waals surface area contributed by atoms with Crippen LogP contribution in [0.15, 0.2) is 16.6 Å². The minimum absolute atomic E-state index is 0.237. The van der Waals surface area contributed by atoms with Crippen molar-refractivity contribution in [2.24, 2.45) is 11.5 Å². The lowest BCUT2D eigenvalue weighted by molar-refractivity contribution is 0.457. The van der Waals surface area contributed by atoms with Gasteiger partial charge >= 0.3 is 0 Å². The van der Waals surface area contributed by atoms with Gasteiger partial charge in [0.15, 0.2) is 0 Å². The number of aromatic hydroxyl groups is 1. The molecule has 0 aromatic heterocycles. The Morgan fingerprint density at radius 1 is 1.54 bits per heavy atom. The molecule has 0 aliphatic carbocycles. The third kappa shape index (κ3) is 2.21. The van der Waals surface area contributed by atoms with E-state index in [0.717, 1.165) is 10.0 Å². The average Bonchev–Trinajstić information content (AvgIpc) is 2.10. The molecule has 0 saturated heterocycles. The van der Waals surface area contributed by atoms with Gasteiger partial charge in [0.2, 0.25) is 0 Å². The van der Waals surface area contributed by atoms with Crippen LogP contribution in [0.4, 0.5) is 0 Å². The van der Waals surface area contributed by atoms with Crippen molar-refractivity contribution in [3.63, 3.8) is 0 Å². The fraction of sp³-hybridized carbons (Fsp3) is 0.333. The van der Waals surface area contributed by atoms with Crippen molar-refractivity contribution in [2.45, 2.75) is 13.0 Å². The molecule has 1 aromatic carbocycles. The van der Waals surface area contributed by atoms with Crippen molar-refractivity contribution in [2.75, 3.05) is 6.54 Å². The fourth-order valence-corrected chi connectivity index (χ4v) is 1.76. The number of hydrogen-bond acceptors (Lipinski definition) is 3. The number of rotatable bonds is 2. The average molecular weight is 245 g/mol. The molecule has 1 rings (SSSR count). The first-order valence-corrected chi connectivity index (χ1v) is 4.80. The molecule has 0 fully saturated rings. The predicted molar refractivity (Wildman–Crippen MR) is 56.5 cm³/mol. The maximum absolute atomic E-state index is 9.67. The lowest BCUT2D eigenvalue weighted by atomic mass is 10.0. The second-order valence-corrected chi connectivity index (χ2v) is 3.92. The Balaban J connectivity index is 3.20. The molecule has 13 heavy (non-hydrogen) atoms. The van der Waals surface area contributed by atoms with Crippen molar-refractivity contribution >= 4 is 15.9 Å². The molecule has 4 heteroatoms. The first-order valence-electron chi connectivity index (χ1n) is 4.01. The molecule has 1 atom stereocenters. The largest absolute Gasteiger partial charge is 0.507 e. The summed E-state index contributed by atoms with van der Waals surface area (Å²) in [6.45, 7) is 2.15. The molecule has 0 radical (unpaired) electrons. The highest BCUT2D eigenvalue weighted by Crippen LogP contribution is 2.29. The smallest absolute Gasteiger partial charge is 0.123 e. The van der Waals surface area contributed by atoms with E-state index in [1.54, 1.807) is 6.07 Å². The zero-order valence-corrected chi connectivity index (χ0v) is 9.01. The van der Waals surface area contributed by atoms with Gasteiger partial charge in [0.25, 0.3) is 0 Å². The topological polar surface area (TPSA) is 72.3 Å². The van der Waals surface area contributed by atoms with Gasteiger partial charge in [0.05, 0.1) is 0 Å². The van der Waals surface area contributed by atoms with Crippen molar-refractivity contribution in [1.29, 1.82) is 0 Å². The highest BCUT2D eigenvalue weighted by Gasteiger charge is 2.11. The number of benzene rings is 1. The third-order valence-electron chi connectivity index (χ3n) is 1.95. The van der Waals surface area contributed by atoms with E-state index in [4.69, 9.17) is 11.5 Å². The van der Waals surface area contributed by atoms with E-state index in [9.17, 15) is 5.11 Å². The highest BCUT2D eigenvalue weighted by atomic mass is 79.9. The van der Waals surface area contributed by atoms with E-state index in [1.807, 2.05) is 13.0 Å². The first kappa shape index (κ1) is 10.5. The van der Waals surface area contributed by atoms with Crippen LogP contribution in [0.2, 0.25) is 0 Å². The van der Waals surface area contributed by atoms with Gasteiger partial charge in [-0.05, 0) is 24.6 Å².